The first-order valence-electron chi connectivity index (χ1n) is 6.45. The van der Waals surface area contributed by atoms with Crippen LogP contribution in [0.5, 0.6) is 5.75 Å². The number of benzene rings is 1. The van der Waals surface area contributed by atoms with Crippen molar-refractivity contribution in [3.8, 4) is 17.1 Å². The van der Waals surface area contributed by atoms with Gasteiger partial charge in [-0.2, -0.15) is 5.10 Å². The maximum atomic E-state index is 5.51. The minimum absolute atomic E-state index is 0.386. The van der Waals surface area contributed by atoms with Crippen LogP contribution in [0.25, 0.3) is 11.4 Å². The Morgan fingerprint density at radius 3 is 2.79 bits per heavy atom. The van der Waals surface area contributed by atoms with Crippen LogP contribution in [-0.4, -0.2) is 28.8 Å². The summed E-state index contributed by atoms with van der Waals surface area (Å²) in [4.78, 5) is 4.44. The van der Waals surface area contributed by atoms with Crippen molar-refractivity contribution in [1.29, 1.82) is 0 Å². The Morgan fingerprint density at radius 1 is 1.37 bits per heavy atom. The van der Waals surface area contributed by atoms with Crippen molar-refractivity contribution in [2.75, 3.05) is 13.7 Å². The molecule has 3 N–H and O–H groups in total. The largest absolute Gasteiger partial charge is 0.496 e. The van der Waals surface area contributed by atoms with E-state index in [1.807, 2.05) is 12.1 Å². The van der Waals surface area contributed by atoms with Gasteiger partial charge in [0.25, 0.3) is 0 Å². The molecule has 5 heteroatoms. The first-order chi connectivity index (χ1) is 9.15. The highest BCUT2D eigenvalue weighted by Crippen LogP contribution is 2.30. The van der Waals surface area contributed by atoms with Crippen LogP contribution in [0.3, 0.4) is 0 Å². The van der Waals surface area contributed by atoms with E-state index < -0.39 is 0 Å². The maximum absolute atomic E-state index is 5.51. The number of H-pyrrole nitrogens is 1. The summed E-state index contributed by atoms with van der Waals surface area (Å²) in [5.74, 6) is 2.81. The highest BCUT2D eigenvalue weighted by atomic mass is 16.5. The summed E-state index contributed by atoms with van der Waals surface area (Å²) in [5, 5.41) is 7.14. The van der Waals surface area contributed by atoms with Crippen LogP contribution in [0.4, 0.5) is 0 Å². The third-order valence-electron chi connectivity index (χ3n) is 3.02. The Labute approximate surface area is 113 Å². The fraction of sp³-hybridized carbons (Fsp3) is 0.429. The number of hydrogen-bond donors (Lipinski definition) is 2. The van der Waals surface area contributed by atoms with Crippen LogP contribution in [0.2, 0.25) is 0 Å². The predicted octanol–water partition coefficient (Wildman–Crippen LogP) is 2.10. The van der Waals surface area contributed by atoms with Crippen molar-refractivity contribution in [1.82, 2.24) is 15.2 Å². The zero-order chi connectivity index (χ0) is 13.8. The van der Waals surface area contributed by atoms with Gasteiger partial charge in [-0.05, 0) is 36.2 Å². The summed E-state index contributed by atoms with van der Waals surface area (Å²) in [6.45, 7) is 4.84. The van der Waals surface area contributed by atoms with E-state index in [0.29, 0.717) is 24.7 Å². The minimum atomic E-state index is 0.386. The van der Waals surface area contributed by atoms with Crippen LogP contribution < -0.4 is 10.5 Å². The Bertz CT molecular complexity index is 548. The molecule has 0 bridgehead atoms. The SMILES string of the molecule is COc1ccc(-c2n[nH]c(CCN)n2)cc1C(C)C. The fourth-order valence-corrected chi connectivity index (χ4v) is 2.00. The van der Waals surface area contributed by atoms with Gasteiger partial charge >= 0.3 is 0 Å². The van der Waals surface area contributed by atoms with Gasteiger partial charge in [0.15, 0.2) is 5.82 Å². The van der Waals surface area contributed by atoms with E-state index in [1.54, 1.807) is 7.11 Å². The molecule has 0 radical (unpaired) electrons. The second-order valence-corrected chi connectivity index (χ2v) is 4.76. The first-order valence-corrected chi connectivity index (χ1v) is 6.45. The highest BCUT2D eigenvalue weighted by Gasteiger charge is 2.12. The average Bonchev–Trinajstić information content (AvgIpc) is 2.87. The molecule has 0 spiro atoms. The third-order valence-corrected chi connectivity index (χ3v) is 3.02. The van der Waals surface area contributed by atoms with Gasteiger partial charge in [-0.1, -0.05) is 13.8 Å². The van der Waals surface area contributed by atoms with Crippen LogP contribution in [0.1, 0.15) is 31.2 Å². The summed E-state index contributed by atoms with van der Waals surface area (Å²) >= 11 is 0. The van der Waals surface area contributed by atoms with Crippen LogP contribution in [-0.2, 0) is 6.42 Å². The number of nitrogens with one attached hydrogen (secondary N) is 1. The number of ether oxygens (including phenoxy) is 1. The minimum Gasteiger partial charge on any atom is -0.496 e. The number of methoxy groups -OCH3 is 1. The van der Waals surface area contributed by atoms with Crippen molar-refractivity contribution < 1.29 is 4.74 Å². The normalized spacial score (nSPS) is 11.0. The van der Waals surface area contributed by atoms with E-state index in [4.69, 9.17) is 10.5 Å². The lowest BCUT2D eigenvalue weighted by molar-refractivity contribution is 0.407. The smallest absolute Gasteiger partial charge is 0.181 e. The highest BCUT2D eigenvalue weighted by molar-refractivity contribution is 5.59. The topological polar surface area (TPSA) is 76.8 Å². The molecule has 0 aliphatic rings. The van der Waals surface area contributed by atoms with E-state index in [1.165, 1.54) is 0 Å². The Morgan fingerprint density at radius 2 is 2.16 bits per heavy atom. The number of aromatic amines is 1. The standard InChI is InChI=1S/C14H20N4O/c1-9(2)11-8-10(4-5-12(11)19-3)14-16-13(6-7-15)17-18-14/h4-5,8-9H,6-7,15H2,1-3H3,(H,16,17,18). The van der Waals surface area contributed by atoms with Crippen molar-refractivity contribution in [2.45, 2.75) is 26.2 Å². The lowest BCUT2D eigenvalue weighted by Crippen LogP contribution is -2.03. The molecular weight excluding hydrogens is 240 g/mol. The average molecular weight is 260 g/mol. The molecule has 102 valence electrons. The number of nitrogens with zero attached hydrogens (tertiary/aromatic N) is 2. The summed E-state index contributed by atoms with van der Waals surface area (Å²) in [7, 11) is 1.69. The molecule has 1 aromatic heterocycles. The fourth-order valence-electron chi connectivity index (χ4n) is 2.00. The van der Waals surface area contributed by atoms with E-state index >= 15 is 0 Å². The molecule has 0 aliphatic heterocycles. The van der Waals surface area contributed by atoms with Gasteiger partial charge in [0, 0.05) is 12.0 Å². The van der Waals surface area contributed by atoms with Crippen molar-refractivity contribution in [3.05, 3.63) is 29.6 Å². The molecule has 0 saturated carbocycles. The van der Waals surface area contributed by atoms with Crippen molar-refractivity contribution in [3.63, 3.8) is 0 Å². The lowest BCUT2D eigenvalue weighted by atomic mass is 9.99. The van der Waals surface area contributed by atoms with E-state index in [9.17, 15) is 0 Å². The summed E-state index contributed by atoms with van der Waals surface area (Å²) in [6, 6.07) is 6.02. The molecule has 0 aliphatic carbocycles. The second kappa shape index (κ2) is 5.84. The van der Waals surface area contributed by atoms with Crippen LogP contribution >= 0.6 is 0 Å². The molecule has 0 amide bonds. The molecule has 0 unspecified atom stereocenters. The lowest BCUT2D eigenvalue weighted by Gasteiger charge is -2.12. The molecule has 0 saturated heterocycles. The molecule has 5 nitrogen and oxygen atoms in total. The molecular formula is C14H20N4O. The summed E-state index contributed by atoms with van der Waals surface area (Å²) in [5.41, 5.74) is 7.65. The van der Waals surface area contributed by atoms with Gasteiger partial charge in [0.2, 0.25) is 0 Å². The molecule has 2 rings (SSSR count). The predicted molar refractivity (Wildman–Crippen MR) is 75.2 cm³/mol. The zero-order valence-corrected chi connectivity index (χ0v) is 11.6. The molecule has 1 heterocycles. The van der Waals surface area contributed by atoms with E-state index in [0.717, 1.165) is 22.7 Å². The Kier molecular flexibility index (Phi) is 4.16. The second-order valence-electron chi connectivity index (χ2n) is 4.76. The Hall–Kier alpha value is -1.88. The monoisotopic (exact) mass is 260 g/mol. The van der Waals surface area contributed by atoms with Gasteiger partial charge in [0.1, 0.15) is 11.6 Å². The van der Waals surface area contributed by atoms with E-state index in [2.05, 4.69) is 35.1 Å². The number of nitrogens with two attached hydrogens (primary N) is 1. The number of hydrogen-bond acceptors (Lipinski definition) is 4. The van der Waals surface area contributed by atoms with Gasteiger partial charge in [-0.15, -0.1) is 0 Å². The maximum Gasteiger partial charge on any atom is 0.181 e. The van der Waals surface area contributed by atoms with E-state index in [-0.39, 0.29) is 0 Å². The van der Waals surface area contributed by atoms with Crippen molar-refractivity contribution >= 4 is 0 Å². The summed E-state index contributed by atoms with van der Waals surface area (Å²) < 4.78 is 5.38. The van der Waals surface area contributed by atoms with Gasteiger partial charge < -0.3 is 10.5 Å². The van der Waals surface area contributed by atoms with Gasteiger partial charge in [0.05, 0.1) is 7.11 Å². The van der Waals surface area contributed by atoms with Crippen molar-refractivity contribution in [2.24, 2.45) is 5.73 Å². The van der Waals surface area contributed by atoms with Crippen LogP contribution in [0, 0.1) is 0 Å². The first kappa shape index (κ1) is 13.5. The number of rotatable bonds is 5. The van der Waals surface area contributed by atoms with Gasteiger partial charge in [-0.3, -0.25) is 5.10 Å². The van der Waals surface area contributed by atoms with Crippen LogP contribution in [0.15, 0.2) is 18.2 Å². The Balaban J connectivity index is 2.36. The van der Waals surface area contributed by atoms with Gasteiger partial charge in [-0.25, -0.2) is 4.98 Å². The third kappa shape index (κ3) is 2.93. The molecule has 2 aromatic rings. The molecule has 1 aromatic carbocycles. The molecule has 0 atom stereocenters. The quantitative estimate of drug-likeness (QED) is 0.863. The molecule has 0 fully saturated rings. The zero-order valence-electron chi connectivity index (χ0n) is 11.6. The number of aromatic nitrogens is 3. The summed E-state index contributed by atoms with van der Waals surface area (Å²) in [6.07, 6.45) is 0.709. The molecule has 19 heavy (non-hydrogen) atoms.